The van der Waals surface area contributed by atoms with Crippen molar-refractivity contribution < 1.29 is 22.2 Å². The Hall–Kier alpha value is -1.77. The van der Waals surface area contributed by atoms with Gasteiger partial charge in [0.2, 0.25) is 4.71 Å². The van der Waals surface area contributed by atoms with Gasteiger partial charge in [-0.15, -0.1) is 0 Å². The highest BCUT2D eigenvalue weighted by Gasteiger charge is 2.48. The number of thioether (sulfide) groups is 1. The molecule has 1 N–H and O–H groups in total. The van der Waals surface area contributed by atoms with E-state index in [4.69, 9.17) is 4.42 Å². The molecule has 1 aliphatic heterocycles. The lowest BCUT2D eigenvalue weighted by molar-refractivity contribution is -0.128. The molecule has 3 aliphatic rings. The quantitative estimate of drug-likeness (QED) is 0.533. The van der Waals surface area contributed by atoms with Crippen LogP contribution in [-0.4, -0.2) is 34.5 Å². The van der Waals surface area contributed by atoms with Gasteiger partial charge in [-0.25, -0.2) is 0 Å². The van der Waals surface area contributed by atoms with Gasteiger partial charge in [0.25, 0.3) is 16.0 Å². The molecule has 4 unspecified atom stereocenters. The number of fused-ring (bicyclic) bond motifs is 2. The first-order chi connectivity index (χ1) is 14.4. The van der Waals surface area contributed by atoms with E-state index in [0.717, 1.165) is 42.8 Å². The van der Waals surface area contributed by atoms with Crippen molar-refractivity contribution in [2.24, 2.45) is 11.8 Å². The standard InChI is InChI=1S/C22H25NO5S2/c24-21-20(13-18-12-16-7-3-4-8-19(16)28-18)29-22(30(25,26)27)23(21)17-10-9-14-5-1-2-6-15(14)11-17/h3-4,7-8,12-15,17,22H,1-2,5-6,9-11H2,(H,25,26,27)/b20-13-. The van der Waals surface area contributed by atoms with Crippen LogP contribution in [0.5, 0.6) is 0 Å². The van der Waals surface area contributed by atoms with Crippen molar-refractivity contribution in [2.75, 3.05) is 0 Å². The molecule has 0 bridgehead atoms. The van der Waals surface area contributed by atoms with Gasteiger partial charge in [-0.05, 0) is 43.2 Å². The summed E-state index contributed by atoms with van der Waals surface area (Å²) < 4.78 is 38.7. The van der Waals surface area contributed by atoms with Crippen molar-refractivity contribution in [1.82, 2.24) is 4.90 Å². The first-order valence-electron chi connectivity index (χ1n) is 10.6. The van der Waals surface area contributed by atoms with Gasteiger partial charge in [-0.1, -0.05) is 55.6 Å². The Morgan fingerprint density at radius 1 is 1.10 bits per heavy atom. The van der Waals surface area contributed by atoms with E-state index in [2.05, 4.69) is 0 Å². The maximum atomic E-state index is 13.3. The highest BCUT2D eigenvalue weighted by molar-refractivity contribution is 8.15. The number of furan rings is 1. The molecule has 8 heteroatoms. The topological polar surface area (TPSA) is 87.8 Å². The van der Waals surface area contributed by atoms with E-state index in [1.165, 1.54) is 24.2 Å². The third-order valence-electron chi connectivity index (χ3n) is 6.78. The fraction of sp³-hybridized carbons (Fsp3) is 0.500. The highest BCUT2D eigenvalue weighted by atomic mass is 32.3. The van der Waals surface area contributed by atoms with Gasteiger partial charge >= 0.3 is 0 Å². The molecule has 1 amide bonds. The molecule has 1 saturated heterocycles. The maximum absolute atomic E-state index is 13.3. The maximum Gasteiger partial charge on any atom is 0.296 e. The number of rotatable bonds is 3. The average Bonchev–Trinajstić information content (AvgIpc) is 3.28. The minimum Gasteiger partial charge on any atom is -0.457 e. The van der Waals surface area contributed by atoms with E-state index >= 15 is 0 Å². The van der Waals surface area contributed by atoms with Gasteiger partial charge in [-0.2, -0.15) is 8.42 Å². The second-order valence-electron chi connectivity index (χ2n) is 8.62. The highest BCUT2D eigenvalue weighted by Crippen LogP contribution is 2.47. The summed E-state index contributed by atoms with van der Waals surface area (Å²) in [5.41, 5.74) is 0.707. The predicted octanol–water partition coefficient (Wildman–Crippen LogP) is 4.88. The van der Waals surface area contributed by atoms with Crippen LogP contribution in [0, 0.1) is 11.8 Å². The monoisotopic (exact) mass is 447 g/mol. The van der Waals surface area contributed by atoms with Crippen LogP contribution >= 0.6 is 11.8 Å². The molecule has 30 heavy (non-hydrogen) atoms. The minimum absolute atomic E-state index is 0.155. The molecule has 6 nitrogen and oxygen atoms in total. The van der Waals surface area contributed by atoms with Gasteiger partial charge in [0.05, 0.1) is 4.91 Å². The fourth-order valence-electron chi connectivity index (χ4n) is 5.38. The van der Waals surface area contributed by atoms with Crippen LogP contribution in [0.4, 0.5) is 0 Å². The van der Waals surface area contributed by atoms with Gasteiger partial charge < -0.3 is 9.32 Å². The SMILES string of the molecule is O=C1/C(=C/c2cc3ccccc3o2)SC(S(=O)(=O)O)N1C1CCC2CCCCC2C1. The molecule has 4 atom stereocenters. The lowest BCUT2D eigenvalue weighted by atomic mass is 9.69. The smallest absolute Gasteiger partial charge is 0.296 e. The summed E-state index contributed by atoms with van der Waals surface area (Å²) >= 11 is 0.901. The number of amides is 1. The fourth-order valence-corrected chi connectivity index (χ4v) is 7.72. The van der Waals surface area contributed by atoms with Crippen LogP contribution < -0.4 is 0 Å². The first kappa shape index (κ1) is 20.2. The second kappa shape index (κ2) is 7.73. The number of para-hydroxylation sites is 1. The number of carbonyl (C=O) groups excluding carboxylic acids is 1. The number of hydrogen-bond acceptors (Lipinski definition) is 5. The Morgan fingerprint density at radius 3 is 2.63 bits per heavy atom. The third-order valence-corrected chi connectivity index (χ3v) is 9.51. The van der Waals surface area contributed by atoms with Crippen LogP contribution in [0.15, 0.2) is 39.7 Å². The summed E-state index contributed by atoms with van der Waals surface area (Å²) in [5, 5.41) is 0.915. The summed E-state index contributed by atoms with van der Waals surface area (Å²) in [6.07, 6.45) is 9.08. The molecule has 2 aliphatic carbocycles. The molecule has 0 radical (unpaired) electrons. The van der Waals surface area contributed by atoms with Crippen LogP contribution in [0.25, 0.3) is 17.0 Å². The first-order valence-corrected chi connectivity index (χ1v) is 12.9. The largest absolute Gasteiger partial charge is 0.457 e. The van der Waals surface area contributed by atoms with Gasteiger partial charge in [0, 0.05) is 17.5 Å². The van der Waals surface area contributed by atoms with Gasteiger partial charge in [-0.3, -0.25) is 9.35 Å². The summed E-state index contributed by atoms with van der Waals surface area (Å²) in [5.74, 6) is 1.40. The predicted molar refractivity (Wildman–Crippen MR) is 117 cm³/mol. The Morgan fingerprint density at radius 2 is 1.87 bits per heavy atom. The van der Waals surface area contributed by atoms with Crippen molar-refractivity contribution in [2.45, 2.75) is 55.7 Å². The molecule has 3 fully saturated rings. The molecule has 2 heterocycles. The van der Waals surface area contributed by atoms with Gasteiger partial charge in [0.1, 0.15) is 11.3 Å². The Labute approximate surface area is 180 Å². The van der Waals surface area contributed by atoms with E-state index in [1.807, 2.05) is 30.3 Å². The second-order valence-corrected chi connectivity index (χ2v) is 11.5. The zero-order valence-corrected chi connectivity index (χ0v) is 18.2. The zero-order valence-electron chi connectivity index (χ0n) is 16.6. The molecule has 0 spiro atoms. The molecule has 2 aromatic rings. The molecule has 1 aromatic heterocycles. The summed E-state index contributed by atoms with van der Waals surface area (Å²) in [7, 11) is -4.42. The Bertz CT molecular complexity index is 1070. The van der Waals surface area contributed by atoms with Crippen LogP contribution in [0.1, 0.15) is 50.7 Å². The molecule has 5 rings (SSSR count). The molecular weight excluding hydrogens is 422 g/mol. The summed E-state index contributed by atoms with van der Waals surface area (Å²) in [4.78, 5) is 15.0. The molecule has 2 saturated carbocycles. The Balaban J connectivity index is 1.45. The number of carbonyl (C=O) groups is 1. The van der Waals surface area contributed by atoms with E-state index in [1.54, 1.807) is 6.08 Å². The number of nitrogens with zero attached hydrogens (tertiary/aromatic N) is 1. The van der Waals surface area contributed by atoms with Crippen molar-refractivity contribution >= 4 is 44.8 Å². The van der Waals surface area contributed by atoms with Crippen LogP contribution in [0.2, 0.25) is 0 Å². The van der Waals surface area contributed by atoms with Crippen molar-refractivity contribution in [3.05, 3.63) is 41.0 Å². The average molecular weight is 448 g/mol. The molecule has 1 aromatic carbocycles. The Kier molecular flexibility index (Phi) is 5.19. The lowest BCUT2D eigenvalue weighted by Gasteiger charge is -2.43. The van der Waals surface area contributed by atoms with E-state index < -0.39 is 14.8 Å². The molecule has 160 valence electrons. The van der Waals surface area contributed by atoms with Crippen molar-refractivity contribution in [3.63, 3.8) is 0 Å². The normalized spacial score (nSPS) is 31.4. The molecular formula is C22H25NO5S2. The van der Waals surface area contributed by atoms with E-state index in [-0.39, 0.29) is 11.9 Å². The summed E-state index contributed by atoms with van der Waals surface area (Å²) in [6, 6.07) is 9.21. The van der Waals surface area contributed by atoms with Gasteiger partial charge in [0.15, 0.2) is 0 Å². The van der Waals surface area contributed by atoms with E-state index in [0.29, 0.717) is 28.1 Å². The van der Waals surface area contributed by atoms with Crippen LogP contribution in [0.3, 0.4) is 0 Å². The minimum atomic E-state index is -4.42. The number of benzene rings is 1. The van der Waals surface area contributed by atoms with E-state index in [9.17, 15) is 17.8 Å². The van der Waals surface area contributed by atoms with Crippen molar-refractivity contribution in [3.8, 4) is 0 Å². The lowest BCUT2D eigenvalue weighted by Crippen LogP contribution is -2.48. The van der Waals surface area contributed by atoms with Crippen LogP contribution in [-0.2, 0) is 14.9 Å². The number of hydrogen-bond donors (Lipinski definition) is 1. The summed E-state index contributed by atoms with van der Waals surface area (Å²) in [6.45, 7) is 0. The third kappa shape index (κ3) is 3.69. The zero-order chi connectivity index (χ0) is 20.9. The van der Waals surface area contributed by atoms with Crippen molar-refractivity contribution in [1.29, 1.82) is 0 Å².